The molecule has 0 radical (unpaired) electrons. The van der Waals surface area contributed by atoms with Crippen molar-refractivity contribution in [3.05, 3.63) is 81.9 Å². The van der Waals surface area contributed by atoms with Crippen LogP contribution in [0.2, 0.25) is 0 Å². The summed E-state index contributed by atoms with van der Waals surface area (Å²) in [5, 5.41) is 4.89. The molecule has 188 valence electrons. The summed E-state index contributed by atoms with van der Waals surface area (Å²) in [7, 11) is 0. The number of nitrogens with zero attached hydrogens (tertiary/aromatic N) is 5. The van der Waals surface area contributed by atoms with Crippen molar-refractivity contribution in [2.75, 3.05) is 24.7 Å². The van der Waals surface area contributed by atoms with Crippen molar-refractivity contribution >= 4 is 16.5 Å². The Morgan fingerprint density at radius 3 is 2.53 bits per heavy atom. The van der Waals surface area contributed by atoms with Crippen LogP contribution in [0.3, 0.4) is 0 Å². The highest BCUT2D eigenvalue weighted by atomic mass is 32.1. The number of ether oxygens (including phenoxy) is 1. The van der Waals surface area contributed by atoms with Crippen LogP contribution in [-0.4, -0.2) is 44.6 Å². The quantitative estimate of drug-likeness (QED) is 0.375. The average Bonchev–Trinajstić information content (AvgIpc) is 3.37. The Kier molecular flexibility index (Phi) is 6.04. The fourth-order valence-corrected chi connectivity index (χ4v) is 4.74. The number of hydrogen-bond donors (Lipinski definition) is 1. The minimum Gasteiger partial charge on any atom is -0.442 e. The third kappa shape index (κ3) is 4.35. The number of aryl methyl sites for hydroxylation is 1. The first kappa shape index (κ1) is 24.0. The molecular weight excluding hydrogens is 500 g/mol. The Labute approximate surface area is 206 Å². The minimum atomic E-state index is -0.878. The predicted octanol–water partition coefficient (Wildman–Crippen LogP) is 3.54. The fourth-order valence-electron chi connectivity index (χ4n) is 3.81. The maximum absolute atomic E-state index is 14.9. The SMILES string of the molecule is Cc1nc(N2CC(N)(CF)C2)sc1Oc1ccc(-n2ncn(Cc3c(F)cccc3F)c2=O)cc1F. The fraction of sp³-hybridized carbons (Fsp3) is 0.261. The van der Waals surface area contributed by atoms with Crippen LogP contribution in [0.1, 0.15) is 11.3 Å². The molecule has 0 atom stereocenters. The number of nitrogens with two attached hydrogens (primary N) is 1. The lowest BCUT2D eigenvalue weighted by atomic mass is 9.94. The molecule has 0 bridgehead atoms. The molecule has 1 aliphatic heterocycles. The molecule has 1 aliphatic rings. The lowest BCUT2D eigenvalue weighted by Crippen LogP contribution is -2.69. The molecular formula is C23H20F4N6O2S. The third-order valence-electron chi connectivity index (χ3n) is 5.78. The Bertz CT molecular complexity index is 1470. The van der Waals surface area contributed by atoms with Gasteiger partial charge in [0.15, 0.2) is 16.7 Å². The van der Waals surface area contributed by atoms with Gasteiger partial charge >= 0.3 is 5.69 Å². The molecule has 1 fully saturated rings. The van der Waals surface area contributed by atoms with Crippen LogP contribution in [-0.2, 0) is 6.54 Å². The number of rotatable bonds is 7. The first-order valence-electron chi connectivity index (χ1n) is 10.8. The molecule has 0 aliphatic carbocycles. The van der Waals surface area contributed by atoms with Gasteiger partial charge in [-0.05, 0) is 31.2 Å². The summed E-state index contributed by atoms with van der Waals surface area (Å²) < 4.78 is 63.4. The van der Waals surface area contributed by atoms with Gasteiger partial charge in [0.1, 0.15) is 24.6 Å². The van der Waals surface area contributed by atoms with E-state index in [4.69, 9.17) is 10.5 Å². The second-order valence-electron chi connectivity index (χ2n) is 8.59. The molecule has 2 N–H and O–H groups in total. The number of anilines is 1. The molecule has 2 aromatic carbocycles. The van der Waals surface area contributed by atoms with Crippen molar-refractivity contribution in [1.29, 1.82) is 0 Å². The Balaban J connectivity index is 1.33. The standard InChI is InChI=1S/C23H20F4N6O2S/c1-13-20(36-21(30-13)32-10-23(28,9-24)11-32)35-19-6-5-14(7-18(19)27)33-22(34)31(12-29-33)8-15-16(25)3-2-4-17(15)26/h2-7,12H,8-11,28H2,1H3. The first-order chi connectivity index (χ1) is 17.2. The summed E-state index contributed by atoms with van der Waals surface area (Å²) in [6, 6.07) is 7.24. The normalized spacial score (nSPS) is 14.7. The van der Waals surface area contributed by atoms with E-state index in [9.17, 15) is 22.4 Å². The monoisotopic (exact) mass is 520 g/mol. The maximum atomic E-state index is 14.9. The zero-order valence-electron chi connectivity index (χ0n) is 18.9. The number of alkyl halides is 1. The second-order valence-corrected chi connectivity index (χ2v) is 9.53. The molecule has 3 heterocycles. The van der Waals surface area contributed by atoms with Gasteiger partial charge in [0.05, 0.1) is 23.5 Å². The van der Waals surface area contributed by atoms with Crippen LogP contribution < -0.4 is 21.1 Å². The van der Waals surface area contributed by atoms with Gasteiger partial charge < -0.3 is 15.4 Å². The highest BCUT2D eigenvalue weighted by Crippen LogP contribution is 2.39. The van der Waals surface area contributed by atoms with Crippen LogP contribution in [0, 0.1) is 24.4 Å². The third-order valence-corrected chi connectivity index (χ3v) is 6.87. The van der Waals surface area contributed by atoms with Crippen molar-refractivity contribution < 1.29 is 22.3 Å². The molecule has 0 spiro atoms. The smallest absolute Gasteiger partial charge is 0.350 e. The summed E-state index contributed by atoms with van der Waals surface area (Å²) in [4.78, 5) is 18.9. The summed E-state index contributed by atoms with van der Waals surface area (Å²) in [6.45, 7) is 1.35. The van der Waals surface area contributed by atoms with Crippen molar-refractivity contribution in [3.8, 4) is 16.5 Å². The van der Waals surface area contributed by atoms with E-state index in [0.717, 1.165) is 33.8 Å². The van der Waals surface area contributed by atoms with E-state index < -0.39 is 35.4 Å². The summed E-state index contributed by atoms with van der Waals surface area (Å²) in [5.74, 6) is -2.44. The zero-order valence-corrected chi connectivity index (χ0v) is 19.7. The van der Waals surface area contributed by atoms with Crippen molar-refractivity contribution in [2.45, 2.75) is 19.0 Å². The number of hydrogen-bond acceptors (Lipinski definition) is 7. The van der Waals surface area contributed by atoms with Crippen LogP contribution in [0.5, 0.6) is 10.8 Å². The van der Waals surface area contributed by atoms with E-state index in [2.05, 4.69) is 10.1 Å². The van der Waals surface area contributed by atoms with Gasteiger partial charge in [-0.2, -0.15) is 9.78 Å². The molecule has 0 unspecified atom stereocenters. The van der Waals surface area contributed by atoms with E-state index in [-0.39, 0.29) is 23.5 Å². The first-order valence-corrected chi connectivity index (χ1v) is 11.6. The van der Waals surface area contributed by atoms with Crippen molar-refractivity contribution in [3.63, 3.8) is 0 Å². The molecule has 2 aromatic heterocycles. The Morgan fingerprint density at radius 1 is 1.14 bits per heavy atom. The van der Waals surface area contributed by atoms with Gasteiger partial charge in [0.2, 0.25) is 5.06 Å². The average molecular weight is 521 g/mol. The highest BCUT2D eigenvalue weighted by molar-refractivity contribution is 7.17. The molecule has 4 aromatic rings. The summed E-state index contributed by atoms with van der Waals surface area (Å²) in [6.07, 6.45) is 1.12. The van der Waals surface area contributed by atoms with Crippen LogP contribution in [0.15, 0.2) is 47.5 Å². The number of benzene rings is 2. The number of aromatic nitrogens is 4. The van der Waals surface area contributed by atoms with Gasteiger partial charge in [-0.3, -0.25) is 4.57 Å². The van der Waals surface area contributed by atoms with Gasteiger partial charge in [0.25, 0.3) is 0 Å². The van der Waals surface area contributed by atoms with E-state index >= 15 is 0 Å². The van der Waals surface area contributed by atoms with Gasteiger partial charge in [-0.25, -0.2) is 27.3 Å². The van der Waals surface area contributed by atoms with E-state index in [0.29, 0.717) is 29.0 Å². The molecule has 13 heteroatoms. The topological polar surface area (TPSA) is 91.2 Å². The number of halogens is 4. The van der Waals surface area contributed by atoms with Crippen molar-refractivity contribution in [2.24, 2.45) is 5.73 Å². The van der Waals surface area contributed by atoms with Crippen LogP contribution in [0.4, 0.5) is 22.7 Å². The minimum absolute atomic E-state index is 0.0986. The van der Waals surface area contributed by atoms with Gasteiger partial charge in [-0.15, -0.1) is 0 Å². The molecule has 0 saturated carbocycles. The van der Waals surface area contributed by atoms with Crippen LogP contribution in [0.25, 0.3) is 5.69 Å². The Hall–Kier alpha value is -3.71. The summed E-state index contributed by atoms with van der Waals surface area (Å²) >= 11 is 1.18. The van der Waals surface area contributed by atoms with E-state index in [1.165, 1.54) is 29.5 Å². The molecule has 36 heavy (non-hydrogen) atoms. The van der Waals surface area contributed by atoms with Gasteiger partial charge in [-0.1, -0.05) is 17.4 Å². The summed E-state index contributed by atoms with van der Waals surface area (Å²) in [5.41, 5.74) is 4.63. The molecule has 5 rings (SSSR count). The molecule has 8 nitrogen and oxygen atoms in total. The lowest BCUT2D eigenvalue weighted by Gasteiger charge is -2.45. The van der Waals surface area contributed by atoms with E-state index in [1.54, 1.807) is 6.92 Å². The van der Waals surface area contributed by atoms with Gasteiger partial charge in [0, 0.05) is 24.7 Å². The number of thiazole rings is 1. The van der Waals surface area contributed by atoms with Crippen molar-refractivity contribution in [1.82, 2.24) is 19.3 Å². The Morgan fingerprint density at radius 2 is 1.86 bits per heavy atom. The maximum Gasteiger partial charge on any atom is 0.350 e. The molecule has 0 amide bonds. The van der Waals surface area contributed by atoms with E-state index in [1.807, 2.05) is 4.90 Å². The molecule has 1 saturated heterocycles. The highest BCUT2D eigenvalue weighted by Gasteiger charge is 2.41. The predicted molar refractivity (Wildman–Crippen MR) is 125 cm³/mol. The lowest BCUT2D eigenvalue weighted by molar-refractivity contribution is 0.252. The second kappa shape index (κ2) is 9.06. The largest absolute Gasteiger partial charge is 0.442 e. The van der Waals surface area contributed by atoms with Crippen LogP contribution >= 0.6 is 11.3 Å². The zero-order chi connectivity index (χ0) is 25.6.